The third-order valence-corrected chi connectivity index (χ3v) is 6.32. The van der Waals surface area contributed by atoms with E-state index in [2.05, 4.69) is 10.2 Å². The van der Waals surface area contributed by atoms with Gasteiger partial charge in [0.2, 0.25) is 11.8 Å². The highest BCUT2D eigenvalue weighted by Crippen LogP contribution is 2.39. The summed E-state index contributed by atoms with van der Waals surface area (Å²) in [5.74, 6) is -0.290. The van der Waals surface area contributed by atoms with Gasteiger partial charge in [-0.25, -0.2) is 0 Å². The Labute approximate surface area is 188 Å². The minimum absolute atomic E-state index is 0.0306. The first-order valence-corrected chi connectivity index (χ1v) is 10.9. The molecule has 166 valence electrons. The molecule has 2 fully saturated rings. The van der Waals surface area contributed by atoms with E-state index in [4.69, 9.17) is 0 Å². The van der Waals surface area contributed by atoms with Crippen LogP contribution in [0, 0.1) is 0 Å². The van der Waals surface area contributed by atoms with Crippen molar-refractivity contribution in [3.8, 4) is 0 Å². The number of hydrogen-bond acceptors (Lipinski definition) is 4. The molecule has 0 atom stereocenters. The van der Waals surface area contributed by atoms with Crippen molar-refractivity contribution in [3.63, 3.8) is 0 Å². The number of nitrogens with zero attached hydrogens (tertiary/aromatic N) is 3. The summed E-state index contributed by atoms with van der Waals surface area (Å²) in [6, 6.07) is 19.5. The van der Waals surface area contributed by atoms with Gasteiger partial charge in [-0.3, -0.25) is 14.4 Å². The normalized spacial score (nSPS) is 17.9. The van der Waals surface area contributed by atoms with Crippen LogP contribution in [-0.4, -0.2) is 66.4 Å². The fourth-order valence-electron chi connectivity index (χ4n) is 4.51. The fraction of sp³-hybridized carbons (Fsp3) is 0.320. The second kappa shape index (κ2) is 9.26. The predicted molar refractivity (Wildman–Crippen MR) is 124 cm³/mol. The van der Waals surface area contributed by atoms with Crippen molar-refractivity contribution in [2.24, 2.45) is 0 Å². The standard InChI is InChI=1S/C25H28N4O3/c1-26-22(30)18-28-19-29(21-10-6-3-7-11-21)25(24(28)32)14-16-27(17-15-25)23(31)13-12-20-8-4-2-5-9-20/h2-13H,14-19H2,1H3,(H,26,30). The number of benzene rings is 2. The number of nitrogens with one attached hydrogen (secondary N) is 1. The lowest BCUT2D eigenvalue weighted by molar-refractivity contribution is -0.138. The Kier molecular flexibility index (Phi) is 6.25. The number of para-hydroxylation sites is 1. The van der Waals surface area contributed by atoms with Crippen molar-refractivity contribution in [1.82, 2.24) is 15.1 Å². The zero-order valence-electron chi connectivity index (χ0n) is 18.2. The van der Waals surface area contributed by atoms with Crippen LogP contribution in [0.4, 0.5) is 5.69 Å². The number of amides is 3. The first-order valence-electron chi connectivity index (χ1n) is 10.9. The highest BCUT2D eigenvalue weighted by Gasteiger charge is 2.54. The molecule has 2 aromatic carbocycles. The van der Waals surface area contributed by atoms with Crippen LogP contribution in [0.15, 0.2) is 66.7 Å². The zero-order valence-corrected chi connectivity index (χ0v) is 18.2. The molecule has 3 amide bonds. The monoisotopic (exact) mass is 432 g/mol. The third-order valence-electron chi connectivity index (χ3n) is 6.32. The molecule has 0 unspecified atom stereocenters. The fourth-order valence-corrected chi connectivity index (χ4v) is 4.51. The molecule has 2 aliphatic rings. The number of carbonyl (C=O) groups excluding carboxylic acids is 3. The van der Waals surface area contributed by atoms with Crippen molar-refractivity contribution in [2.45, 2.75) is 18.4 Å². The predicted octanol–water partition coefficient (Wildman–Crippen LogP) is 2.11. The summed E-state index contributed by atoms with van der Waals surface area (Å²) in [5, 5.41) is 2.60. The summed E-state index contributed by atoms with van der Waals surface area (Å²) in [4.78, 5) is 43.7. The van der Waals surface area contributed by atoms with Gasteiger partial charge in [-0.15, -0.1) is 0 Å². The summed E-state index contributed by atoms with van der Waals surface area (Å²) in [5.41, 5.74) is 1.18. The topological polar surface area (TPSA) is 73.0 Å². The number of rotatable bonds is 5. The number of carbonyl (C=O) groups is 3. The van der Waals surface area contributed by atoms with Crippen molar-refractivity contribution in [1.29, 1.82) is 0 Å². The molecular weight excluding hydrogens is 404 g/mol. The summed E-state index contributed by atoms with van der Waals surface area (Å²) >= 11 is 0. The third kappa shape index (κ3) is 4.23. The average molecular weight is 433 g/mol. The smallest absolute Gasteiger partial charge is 0.250 e. The minimum Gasteiger partial charge on any atom is -0.358 e. The summed E-state index contributed by atoms with van der Waals surface area (Å²) in [7, 11) is 1.57. The lowest BCUT2D eigenvalue weighted by Gasteiger charge is -2.43. The molecule has 2 saturated heterocycles. The van der Waals surface area contributed by atoms with Crippen molar-refractivity contribution >= 4 is 29.5 Å². The number of piperidine rings is 1. The number of likely N-dealkylation sites (N-methyl/N-ethyl adjacent to an activating group) is 1. The number of hydrogen-bond donors (Lipinski definition) is 1. The molecule has 7 heteroatoms. The molecule has 1 spiro atoms. The van der Waals surface area contributed by atoms with Crippen LogP contribution in [0.2, 0.25) is 0 Å². The van der Waals surface area contributed by atoms with Crippen LogP contribution in [0.3, 0.4) is 0 Å². The molecule has 0 bridgehead atoms. The zero-order chi connectivity index (χ0) is 22.6. The Balaban J connectivity index is 1.51. The Bertz CT molecular complexity index is 998. The van der Waals surface area contributed by atoms with Gasteiger partial charge in [-0.05, 0) is 36.6 Å². The first kappa shape index (κ1) is 21.6. The molecule has 1 N–H and O–H groups in total. The van der Waals surface area contributed by atoms with Crippen LogP contribution < -0.4 is 10.2 Å². The van der Waals surface area contributed by atoms with Crippen LogP contribution in [0.5, 0.6) is 0 Å². The Hall–Kier alpha value is -3.61. The van der Waals surface area contributed by atoms with Crippen LogP contribution in [0.1, 0.15) is 18.4 Å². The lowest BCUT2D eigenvalue weighted by Crippen LogP contribution is -2.57. The van der Waals surface area contributed by atoms with Gasteiger partial charge in [0, 0.05) is 31.9 Å². The van der Waals surface area contributed by atoms with Crippen molar-refractivity contribution in [3.05, 3.63) is 72.3 Å². The molecule has 7 nitrogen and oxygen atoms in total. The Morgan fingerprint density at radius 1 is 1.00 bits per heavy atom. The molecule has 32 heavy (non-hydrogen) atoms. The van der Waals surface area contributed by atoms with E-state index in [1.807, 2.05) is 66.7 Å². The van der Waals surface area contributed by atoms with E-state index in [1.54, 1.807) is 22.9 Å². The highest BCUT2D eigenvalue weighted by atomic mass is 16.2. The van der Waals surface area contributed by atoms with Gasteiger partial charge in [0.25, 0.3) is 5.91 Å². The van der Waals surface area contributed by atoms with E-state index in [9.17, 15) is 14.4 Å². The van der Waals surface area contributed by atoms with Crippen LogP contribution in [0.25, 0.3) is 6.08 Å². The van der Waals surface area contributed by atoms with E-state index < -0.39 is 5.54 Å². The molecule has 0 aliphatic carbocycles. The SMILES string of the molecule is CNC(=O)CN1CN(c2ccccc2)C2(CCN(C(=O)C=Cc3ccccc3)CC2)C1=O. The molecule has 2 heterocycles. The van der Waals surface area contributed by atoms with E-state index in [-0.39, 0.29) is 24.3 Å². The van der Waals surface area contributed by atoms with Gasteiger partial charge in [-0.1, -0.05) is 48.5 Å². The van der Waals surface area contributed by atoms with E-state index in [1.165, 1.54) is 0 Å². The molecule has 2 aromatic rings. The maximum Gasteiger partial charge on any atom is 0.250 e. The average Bonchev–Trinajstić information content (AvgIpc) is 3.10. The Morgan fingerprint density at radius 3 is 2.25 bits per heavy atom. The van der Waals surface area contributed by atoms with Crippen LogP contribution in [-0.2, 0) is 14.4 Å². The minimum atomic E-state index is -0.741. The van der Waals surface area contributed by atoms with Gasteiger partial charge in [0.05, 0.1) is 6.67 Å². The van der Waals surface area contributed by atoms with E-state index in [0.29, 0.717) is 32.6 Å². The first-order chi connectivity index (χ1) is 15.5. The second-order valence-corrected chi connectivity index (χ2v) is 8.18. The maximum absolute atomic E-state index is 13.5. The second-order valence-electron chi connectivity index (χ2n) is 8.18. The van der Waals surface area contributed by atoms with Gasteiger partial charge in [-0.2, -0.15) is 0 Å². The van der Waals surface area contributed by atoms with Gasteiger partial charge in [0.1, 0.15) is 12.1 Å². The molecule has 2 aliphatic heterocycles. The van der Waals surface area contributed by atoms with Gasteiger partial charge >= 0.3 is 0 Å². The van der Waals surface area contributed by atoms with Gasteiger partial charge in [0.15, 0.2) is 0 Å². The lowest BCUT2D eigenvalue weighted by atomic mass is 9.85. The van der Waals surface area contributed by atoms with Gasteiger partial charge < -0.3 is 20.0 Å². The van der Waals surface area contributed by atoms with E-state index >= 15 is 0 Å². The number of anilines is 1. The molecule has 0 radical (unpaired) electrons. The Morgan fingerprint density at radius 2 is 1.62 bits per heavy atom. The van der Waals surface area contributed by atoms with E-state index in [0.717, 1.165) is 11.3 Å². The largest absolute Gasteiger partial charge is 0.358 e. The van der Waals surface area contributed by atoms with Crippen molar-refractivity contribution in [2.75, 3.05) is 38.3 Å². The summed E-state index contributed by atoms with van der Waals surface area (Å²) in [6.45, 7) is 1.36. The quantitative estimate of drug-likeness (QED) is 0.735. The van der Waals surface area contributed by atoms with Crippen molar-refractivity contribution < 1.29 is 14.4 Å². The molecule has 0 saturated carbocycles. The molecular formula is C25H28N4O3. The highest BCUT2D eigenvalue weighted by molar-refractivity contribution is 5.97. The number of likely N-dealkylation sites (tertiary alicyclic amines) is 1. The summed E-state index contributed by atoms with van der Waals surface area (Å²) in [6.07, 6.45) is 4.46. The summed E-state index contributed by atoms with van der Waals surface area (Å²) < 4.78 is 0. The van der Waals surface area contributed by atoms with Crippen LogP contribution >= 0.6 is 0 Å². The maximum atomic E-state index is 13.5. The molecule has 0 aromatic heterocycles. The molecule has 4 rings (SSSR count).